The van der Waals surface area contributed by atoms with Crippen LogP contribution in [0.1, 0.15) is 16.4 Å². The Morgan fingerprint density at radius 1 is 1.18 bits per heavy atom. The number of hydrogen-bond donors (Lipinski definition) is 0. The Morgan fingerprint density at radius 3 is 2.59 bits per heavy atom. The highest BCUT2D eigenvalue weighted by molar-refractivity contribution is 9.10. The van der Waals surface area contributed by atoms with Crippen molar-refractivity contribution >= 4 is 54.8 Å². The molecule has 0 bridgehead atoms. The molecule has 2 aromatic rings. The first kappa shape index (κ1) is 13.6. The molecule has 1 heterocycles. The van der Waals surface area contributed by atoms with Crippen LogP contribution in [-0.2, 0) is 6.42 Å². The van der Waals surface area contributed by atoms with Gasteiger partial charge in [-0.05, 0) is 46.1 Å². The molecular formula is C13H11Br2ClS. The summed E-state index contributed by atoms with van der Waals surface area (Å²) in [6.45, 7) is 0. The summed E-state index contributed by atoms with van der Waals surface area (Å²) in [4.78, 5) is 1.36. The van der Waals surface area contributed by atoms with Crippen molar-refractivity contribution in [1.82, 2.24) is 0 Å². The summed E-state index contributed by atoms with van der Waals surface area (Å²) >= 11 is 14.8. The highest BCUT2D eigenvalue weighted by Gasteiger charge is 2.12. The van der Waals surface area contributed by atoms with E-state index >= 15 is 0 Å². The number of halogens is 3. The zero-order chi connectivity index (χ0) is 12.3. The second kappa shape index (κ2) is 6.37. The van der Waals surface area contributed by atoms with E-state index < -0.39 is 0 Å². The molecule has 0 nitrogen and oxygen atoms in total. The van der Waals surface area contributed by atoms with Crippen molar-refractivity contribution in [1.29, 1.82) is 0 Å². The first-order valence-corrected chi connectivity index (χ1v) is 8.23. The Balaban J connectivity index is 2.16. The molecule has 17 heavy (non-hydrogen) atoms. The maximum absolute atomic E-state index is 6.09. The van der Waals surface area contributed by atoms with E-state index in [9.17, 15) is 0 Å². The lowest BCUT2D eigenvalue weighted by molar-refractivity contribution is 0.775. The number of benzene rings is 1. The maximum atomic E-state index is 6.09. The third-order valence-corrected chi connectivity index (χ3v) is 5.16. The van der Waals surface area contributed by atoms with E-state index in [1.165, 1.54) is 10.4 Å². The third kappa shape index (κ3) is 3.82. The van der Waals surface area contributed by atoms with Crippen molar-refractivity contribution in [2.75, 3.05) is 5.88 Å². The van der Waals surface area contributed by atoms with E-state index in [-0.39, 0.29) is 0 Å². The van der Waals surface area contributed by atoms with Gasteiger partial charge in [0.1, 0.15) is 0 Å². The van der Waals surface area contributed by atoms with Gasteiger partial charge in [0.05, 0.1) is 0 Å². The molecule has 1 aromatic carbocycles. The molecule has 0 amide bonds. The summed E-state index contributed by atoms with van der Waals surface area (Å²) < 4.78 is 2.26. The first-order valence-electron chi connectivity index (χ1n) is 5.23. The highest BCUT2D eigenvalue weighted by Crippen LogP contribution is 2.28. The zero-order valence-corrected chi connectivity index (χ0v) is 13.7. The Labute approximate surface area is 127 Å². The molecule has 0 N–H and O–H groups in total. The Hall–Kier alpha value is 0.170. The topological polar surface area (TPSA) is 0 Å². The minimum absolute atomic E-state index is 0.375. The average molecular weight is 395 g/mol. The predicted octanol–water partition coefficient (Wildman–Crippen LogP) is 5.84. The van der Waals surface area contributed by atoms with E-state index in [1.54, 1.807) is 11.3 Å². The highest BCUT2D eigenvalue weighted by atomic mass is 79.9. The van der Waals surface area contributed by atoms with Gasteiger partial charge in [-0.3, -0.25) is 0 Å². The van der Waals surface area contributed by atoms with E-state index in [1.807, 2.05) is 6.07 Å². The van der Waals surface area contributed by atoms with Crippen LogP contribution in [0.5, 0.6) is 0 Å². The van der Waals surface area contributed by atoms with Crippen LogP contribution in [0.3, 0.4) is 0 Å². The standard InChI is InChI=1S/C13H11Br2ClS/c14-11-3-1-2-9(4-11)10(7-16)5-13-6-12(15)8-17-13/h1-4,6,8,10H,5,7H2. The van der Waals surface area contributed by atoms with Gasteiger partial charge in [-0.15, -0.1) is 22.9 Å². The summed E-state index contributed by atoms with van der Waals surface area (Å²) in [5, 5.41) is 2.11. The van der Waals surface area contributed by atoms with Crippen LogP contribution in [0, 0.1) is 0 Å². The Morgan fingerprint density at radius 2 is 2.00 bits per heavy atom. The van der Waals surface area contributed by atoms with Gasteiger partial charge in [-0.25, -0.2) is 0 Å². The Bertz CT molecular complexity index is 496. The van der Waals surface area contributed by atoms with Crippen molar-refractivity contribution in [3.8, 4) is 0 Å². The minimum atomic E-state index is 0.375. The minimum Gasteiger partial charge on any atom is -0.148 e. The third-order valence-electron chi connectivity index (χ3n) is 2.58. The maximum Gasteiger partial charge on any atom is 0.0295 e. The fourth-order valence-corrected chi connectivity index (χ4v) is 3.96. The average Bonchev–Trinajstić information content (AvgIpc) is 2.72. The van der Waals surface area contributed by atoms with Crippen LogP contribution < -0.4 is 0 Å². The first-order chi connectivity index (χ1) is 8.19. The van der Waals surface area contributed by atoms with Gasteiger partial charge in [-0.1, -0.05) is 28.1 Å². The summed E-state index contributed by atoms with van der Waals surface area (Å²) in [7, 11) is 0. The molecule has 4 heteroatoms. The molecule has 2 rings (SSSR count). The lowest BCUT2D eigenvalue weighted by Crippen LogP contribution is -2.03. The molecule has 1 atom stereocenters. The molecule has 90 valence electrons. The predicted molar refractivity (Wildman–Crippen MR) is 83.3 cm³/mol. The molecule has 0 radical (unpaired) electrons. The van der Waals surface area contributed by atoms with Gasteiger partial charge in [0.15, 0.2) is 0 Å². The molecule has 0 saturated carbocycles. The number of hydrogen-bond acceptors (Lipinski definition) is 1. The summed E-state index contributed by atoms with van der Waals surface area (Å²) in [5.41, 5.74) is 1.29. The van der Waals surface area contributed by atoms with Crippen LogP contribution in [0.4, 0.5) is 0 Å². The van der Waals surface area contributed by atoms with Crippen LogP contribution in [0.15, 0.2) is 44.7 Å². The molecule has 0 aliphatic carbocycles. The number of alkyl halides is 1. The summed E-state index contributed by atoms with van der Waals surface area (Å²) in [6.07, 6.45) is 0.996. The van der Waals surface area contributed by atoms with E-state index in [0.717, 1.165) is 15.4 Å². The van der Waals surface area contributed by atoms with Gasteiger partial charge >= 0.3 is 0 Å². The molecule has 0 spiro atoms. The van der Waals surface area contributed by atoms with E-state index in [0.29, 0.717) is 11.8 Å². The molecule has 1 unspecified atom stereocenters. The summed E-state index contributed by atoms with van der Waals surface area (Å²) in [5.74, 6) is 1.02. The number of rotatable bonds is 4. The van der Waals surface area contributed by atoms with Crippen molar-refractivity contribution < 1.29 is 0 Å². The lowest BCUT2D eigenvalue weighted by atomic mass is 9.97. The van der Waals surface area contributed by atoms with Crippen molar-refractivity contribution in [3.05, 3.63) is 55.1 Å². The fraction of sp³-hybridized carbons (Fsp3) is 0.231. The van der Waals surface area contributed by atoms with Gasteiger partial charge in [-0.2, -0.15) is 0 Å². The van der Waals surface area contributed by atoms with Crippen LogP contribution in [0.25, 0.3) is 0 Å². The van der Waals surface area contributed by atoms with Gasteiger partial charge < -0.3 is 0 Å². The second-order valence-electron chi connectivity index (χ2n) is 3.84. The van der Waals surface area contributed by atoms with Crippen molar-refractivity contribution in [2.45, 2.75) is 12.3 Å². The molecule has 0 aliphatic rings. The van der Waals surface area contributed by atoms with Crippen LogP contribution in [0.2, 0.25) is 0 Å². The van der Waals surface area contributed by atoms with E-state index in [2.05, 4.69) is 61.5 Å². The largest absolute Gasteiger partial charge is 0.148 e. The zero-order valence-electron chi connectivity index (χ0n) is 9.00. The van der Waals surface area contributed by atoms with Gasteiger partial charge in [0.25, 0.3) is 0 Å². The van der Waals surface area contributed by atoms with Crippen LogP contribution >= 0.6 is 54.8 Å². The van der Waals surface area contributed by atoms with Gasteiger partial charge in [0, 0.05) is 31.0 Å². The molecule has 1 aromatic heterocycles. The lowest BCUT2D eigenvalue weighted by Gasteiger charge is -2.13. The quantitative estimate of drug-likeness (QED) is 0.572. The summed E-state index contributed by atoms with van der Waals surface area (Å²) in [6, 6.07) is 10.6. The van der Waals surface area contributed by atoms with Crippen LogP contribution in [-0.4, -0.2) is 5.88 Å². The second-order valence-corrected chi connectivity index (χ2v) is 6.98. The number of thiophene rings is 1. The van der Waals surface area contributed by atoms with Crippen molar-refractivity contribution in [3.63, 3.8) is 0 Å². The molecule has 0 fully saturated rings. The Kier molecular flexibility index (Phi) is 5.10. The normalized spacial score (nSPS) is 12.6. The van der Waals surface area contributed by atoms with Gasteiger partial charge in [0.2, 0.25) is 0 Å². The van der Waals surface area contributed by atoms with E-state index in [4.69, 9.17) is 11.6 Å². The SMILES string of the molecule is ClCC(Cc1cc(Br)cs1)c1cccc(Br)c1. The fourth-order valence-electron chi connectivity index (χ4n) is 1.73. The molecule has 0 saturated heterocycles. The van der Waals surface area contributed by atoms with Crippen molar-refractivity contribution in [2.24, 2.45) is 0 Å². The monoisotopic (exact) mass is 392 g/mol. The smallest absolute Gasteiger partial charge is 0.0295 e. The molecule has 0 aliphatic heterocycles. The molecular weight excluding hydrogens is 383 g/mol.